The number of aliphatic hydroxyl groups excluding tert-OH is 3. The number of ether oxygens (including phenoxy) is 3. The first-order chi connectivity index (χ1) is 23.4. The van der Waals surface area contributed by atoms with Gasteiger partial charge in [0.2, 0.25) is 0 Å². The molecule has 0 aromatic carbocycles. The molecule has 7 rings (SSSR count). The standard InChI is InChI=1S/C35H52O8.C5H10.C2H6/c1-8-18(2)27(39)42-26-25(41-17-36)30(4,5)16-34-28-33(43-34)14-11-22-31(6)13-10-21(37)19(3)20(31)9-12-32(22,7)23(33)15-24(38)35(26,28)29(34)40;1-4-5(2)3;1-2/h8,17,19-26,28-29,37-38,40H,9-16H2,1-7H3;4H,1-3H3;1-2H3/b18-8-;;/t19?,20?,21?,22?,23?,24-,25?,26+,28?,29+,31?,32?,33?,34?,35?;;/m1../s1. The summed E-state index contributed by atoms with van der Waals surface area (Å²) in [6, 6.07) is 0. The monoisotopic (exact) mass is 700 g/mol. The molecule has 3 N–H and O–H groups in total. The first-order valence-corrected chi connectivity index (χ1v) is 19.7. The second kappa shape index (κ2) is 13.3. The number of rotatable bonds is 4. The van der Waals surface area contributed by atoms with E-state index in [0.717, 1.165) is 38.5 Å². The van der Waals surface area contributed by atoms with E-state index in [2.05, 4.69) is 40.7 Å². The van der Waals surface area contributed by atoms with Crippen molar-refractivity contribution in [3.8, 4) is 0 Å². The van der Waals surface area contributed by atoms with Crippen LogP contribution in [-0.4, -0.2) is 69.5 Å². The van der Waals surface area contributed by atoms with Crippen LogP contribution in [0.25, 0.3) is 0 Å². The van der Waals surface area contributed by atoms with Gasteiger partial charge < -0.3 is 29.5 Å². The van der Waals surface area contributed by atoms with Crippen molar-refractivity contribution < 1.29 is 39.1 Å². The van der Waals surface area contributed by atoms with E-state index < -0.39 is 52.4 Å². The molecular formula is C42H68O8. The van der Waals surface area contributed by atoms with E-state index in [4.69, 9.17) is 14.2 Å². The van der Waals surface area contributed by atoms with E-state index in [-0.39, 0.29) is 34.7 Å². The Bertz CT molecular complexity index is 1370. The molecule has 1 heterocycles. The average molecular weight is 701 g/mol. The number of carbonyl (C=O) groups excluding carboxylic acids is 2. The van der Waals surface area contributed by atoms with Gasteiger partial charge in [0, 0.05) is 16.9 Å². The SMILES string of the molecule is C/C=C(/C)C(=O)O[C@H]1C(OC=O)C(C)(C)CC23OC45CCC6C7(C)CCC(O)C(C)C7CCC6(C)C4C[C@@H](O)C1(C52)[C@H]3O.CC.CC=C(C)C. The molecule has 1 saturated heterocycles. The molecule has 0 amide bonds. The zero-order valence-corrected chi connectivity index (χ0v) is 33.0. The van der Waals surface area contributed by atoms with Gasteiger partial charge in [0.15, 0.2) is 6.10 Å². The molecule has 15 atom stereocenters. The number of carbonyl (C=O) groups is 2. The molecule has 8 heteroatoms. The fraction of sp³-hybridized carbons (Fsp3) is 0.857. The first-order valence-electron chi connectivity index (χ1n) is 19.7. The smallest absolute Gasteiger partial charge is 0.333 e. The summed E-state index contributed by atoms with van der Waals surface area (Å²) in [4.78, 5) is 25.2. The molecule has 1 aliphatic heterocycles. The lowest BCUT2D eigenvalue weighted by atomic mass is 9.27. The van der Waals surface area contributed by atoms with E-state index in [1.165, 1.54) is 5.57 Å². The van der Waals surface area contributed by atoms with E-state index in [0.29, 0.717) is 36.7 Å². The highest BCUT2D eigenvalue weighted by atomic mass is 16.6. The fourth-order valence-electron chi connectivity index (χ4n) is 13.5. The van der Waals surface area contributed by atoms with Gasteiger partial charge in [-0.1, -0.05) is 66.2 Å². The van der Waals surface area contributed by atoms with Crippen LogP contribution in [0.1, 0.15) is 134 Å². The van der Waals surface area contributed by atoms with Crippen LogP contribution < -0.4 is 0 Å². The number of hydrogen-bond acceptors (Lipinski definition) is 8. The largest absolute Gasteiger partial charge is 0.460 e. The lowest BCUT2D eigenvalue weighted by Crippen LogP contribution is -2.97. The Labute approximate surface area is 301 Å². The van der Waals surface area contributed by atoms with Crippen LogP contribution in [0, 0.1) is 51.2 Å². The predicted molar refractivity (Wildman–Crippen MR) is 194 cm³/mol. The van der Waals surface area contributed by atoms with Crippen LogP contribution in [0.2, 0.25) is 0 Å². The van der Waals surface area contributed by atoms with Gasteiger partial charge in [-0.05, 0) is 120 Å². The van der Waals surface area contributed by atoms with E-state index >= 15 is 0 Å². The summed E-state index contributed by atoms with van der Waals surface area (Å²) in [6.45, 7) is 25.1. The molecule has 2 bridgehead atoms. The lowest BCUT2D eigenvalue weighted by molar-refractivity contribution is -0.527. The molecule has 6 aliphatic carbocycles. The van der Waals surface area contributed by atoms with Gasteiger partial charge in [0.05, 0.1) is 29.3 Å². The van der Waals surface area contributed by atoms with Crippen LogP contribution >= 0.6 is 0 Å². The maximum absolute atomic E-state index is 13.3. The minimum Gasteiger partial charge on any atom is -0.460 e. The minimum absolute atomic E-state index is 0.0681. The van der Waals surface area contributed by atoms with Crippen molar-refractivity contribution in [2.45, 2.75) is 176 Å². The molecule has 284 valence electrons. The maximum Gasteiger partial charge on any atom is 0.333 e. The molecule has 0 radical (unpaired) electrons. The predicted octanol–water partition coefficient (Wildman–Crippen LogP) is 7.32. The van der Waals surface area contributed by atoms with Crippen molar-refractivity contribution in [1.29, 1.82) is 0 Å². The van der Waals surface area contributed by atoms with Crippen molar-refractivity contribution in [3.05, 3.63) is 23.3 Å². The second-order valence-corrected chi connectivity index (χ2v) is 18.3. The highest BCUT2D eigenvalue weighted by molar-refractivity contribution is 5.87. The lowest BCUT2D eigenvalue weighted by Gasteiger charge is -2.86. The summed E-state index contributed by atoms with van der Waals surface area (Å²) in [5, 5.41) is 35.3. The molecule has 7 fully saturated rings. The summed E-state index contributed by atoms with van der Waals surface area (Å²) in [7, 11) is 0. The normalized spacial score (nSPS) is 50.4. The van der Waals surface area contributed by atoms with Gasteiger partial charge in [-0.3, -0.25) is 4.79 Å². The summed E-state index contributed by atoms with van der Waals surface area (Å²) < 4.78 is 19.2. The molecule has 50 heavy (non-hydrogen) atoms. The summed E-state index contributed by atoms with van der Waals surface area (Å²) in [5.41, 5.74) is -1.43. The molecule has 0 aromatic heterocycles. The van der Waals surface area contributed by atoms with Crippen LogP contribution in [0.15, 0.2) is 23.3 Å². The fourth-order valence-corrected chi connectivity index (χ4v) is 13.5. The molecule has 8 nitrogen and oxygen atoms in total. The van der Waals surface area contributed by atoms with Gasteiger partial charge in [-0.25, -0.2) is 4.79 Å². The highest BCUT2D eigenvalue weighted by Crippen LogP contribution is 2.85. The summed E-state index contributed by atoms with van der Waals surface area (Å²) in [5.74, 6) is 0.558. The molecular weight excluding hydrogens is 632 g/mol. The van der Waals surface area contributed by atoms with E-state index in [1.54, 1.807) is 19.9 Å². The van der Waals surface area contributed by atoms with Gasteiger partial charge in [-0.15, -0.1) is 0 Å². The van der Waals surface area contributed by atoms with Gasteiger partial charge in [0.25, 0.3) is 6.47 Å². The van der Waals surface area contributed by atoms with E-state index in [9.17, 15) is 24.9 Å². The Morgan fingerprint density at radius 1 is 0.840 bits per heavy atom. The number of aliphatic hydroxyl groups is 3. The quantitative estimate of drug-likeness (QED) is 0.121. The van der Waals surface area contributed by atoms with Crippen molar-refractivity contribution in [3.63, 3.8) is 0 Å². The second-order valence-electron chi connectivity index (χ2n) is 18.3. The Morgan fingerprint density at radius 3 is 2.04 bits per heavy atom. The number of esters is 1. The summed E-state index contributed by atoms with van der Waals surface area (Å²) >= 11 is 0. The zero-order valence-electron chi connectivity index (χ0n) is 33.0. The molecule has 1 spiro atoms. The third kappa shape index (κ3) is 5.03. The van der Waals surface area contributed by atoms with Crippen LogP contribution in [-0.2, 0) is 23.8 Å². The third-order valence-corrected chi connectivity index (χ3v) is 15.7. The highest BCUT2D eigenvalue weighted by Gasteiger charge is 2.95. The van der Waals surface area contributed by atoms with Crippen LogP contribution in [0.3, 0.4) is 0 Å². The van der Waals surface area contributed by atoms with Gasteiger partial charge in [-0.2, -0.15) is 0 Å². The Hall–Kier alpha value is -1.74. The molecule has 7 aliphatic rings. The van der Waals surface area contributed by atoms with Gasteiger partial charge >= 0.3 is 5.97 Å². The average Bonchev–Trinajstić information content (AvgIpc) is 3.17. The summed E-state index contributed by atoms with van der Waals surface area (Å²) in [6.07, 6.45) is 6.32. The Kier molecular flexibility index (Phi) is 10.5. The minimum atomic E-state index is -1.19. The first kappa shape index (κ1) is 39.5. The molecule has 6 saturated carbocycles. The molecule has 0 aromatic rings. The number of allylic oxidation sites excluding steroid dienone is 3. The van der Waals surface area contributed by atoms with Crippen LogP contribution in [0.5, 0.6) is 0 Å². The third-order valence-electron chi connectivity index (χ3n) is 15.7. The maximum atomic E-state index is 13.3. The number of fused-ring (bicyclic) bond motifs is 4. The Balaban J connectivity index is 0.000000640. The van der Waals surface area contributed by atoms with Crippen molar-refractivity contribution >= 4 is 12.4 Å². The molecule has 12 unspecified atom stereocenters. The van der Waals surface area contributed by atoms with E-state index in [1.807, 2.05) is 34.6 Å². The van der Waals surface area contributed by atoms with Crippen molar-refractivity contribution in [1.82, 2.24) is 0 Å². The number of hydrogen-bond donors (Lipinski definition) is 3. The van der Waals surface area contributed by atoms with Crippen molar-refractivity contribution in [2.24, 2.45) is 51.2 Å². The van der Waals surface area contributed by atoms with Crippen molar-refractivity contribution in [2.75, 3.05) is 0 Å². The topological polar surface area (TPSA) is 123 Å². The van der Waals surface area contributed by atoms with Crippen LogP contribution in [0.4, 0.5) is 0 Å². The van der Waals surface area contributed by atoms with Gasteiger partial charge in [0.1, 0.15) is 11.7 Å². The Morgan fingerprint density at radius 2 is 1.46 bits per heavy atom. The zero-order chi connectivity index (χ0) is 37.4.